The standard InChI is InChI=1S/C12H18N2O2/c15-12(13-16)8-3-4-10-9(6-8)7-14-5-1-2-11(10)14/h3-4,8,11-13,15-16H,1-2,5-7H2/t8?,11-,12?/m1/s1. The highest BCUT2D eigenvalue weighted by molar-refractivity contribution is 5.40. The minimum Gasteiger partial charge on any atom is -0.376 e. The van der Waals surface area contributed by atoms with Gasteiger partial charge in [-0.15, -0.1) is 0 Å². The molecule has 1 fully saturated rings. The molecule has 3 rings (SSSR count). The molecule has 16 heavy (non-hydrogen) atoms. The molecule has 3 atom stereocenters. The van der Waals surface area contributed by atoms with Gasteiger partial charge in [0.1, 0.15) is 6.23 Å². The molecule has 3 N–H and O–H groups in total. The number of hydrogen-bond donors (Lipinski definition) is 3. The molecular formula is C12H18N2O2. The van der Waals surface area contributed by atoms with Crippen LogP contribution in [0.3, 0.4) is 0 Å². The highest BCUT2D eigenvalue weighted by atomic mass is 16.5. The lowest BCUT2D eigenvalue weighted by Crippen LogP contribution is -2.33. The molecule has 0 aromatic carbocycles. The van der Waals surface area contributed by atoms with Crippen LogP contribution in [0.15, 0.2) is 23.3 Å². The Morgan fingerprint density at radius 2 is 2.38 bits per heavy atom. The van der Waals surface area contributed by atoms with E-state index in [4.69, 9.17) is 5.21 Å². The number of aliphatic hydroxyl groups is 1. The summed E-state index contributed by atoms with van der Waals surface area (Å²) in [6.07, 6.45) is 6.77. The Morgan fingerprint density at radius 1 is 1.50 bits per heavy atom. The van der Waals surface area contributed by atoms with Crippen molar-refractivity contribution in [2.45, 2.75) is 31.5 Å². The van der Waals surface area contributed by atoms with Crippen molar-refractivity contribution in [1.82, 2.24) is 10.4 Å². The molecule has 1 saturated heterocycles. The van der Waals surface area contributed by atoms with Gasteiger partial charge in [0.15, 0.2) is 0 Å². The van der Waals surface area contributed by atoms with Crippen LogP contribution in [0.5, 0.6) is 0 Å². The van der Waals surface area contributed by atoms with Crippen LogP contribution < -0.4 is 5.48 Å². The van der Waals surface area contributed by atoms with Gasteiger partial charge in [0.05, 0.1) is 0 Å². The lowest BCUT2D eigenvalue weighted by atomic mass is 9.87. The molecule has 4 heteroatoms. The molecular weight excluding hydrogens is 204 g/mol. The summed E-state index contributed by atoms with van der Waals surface area (Å²) in [5.74, 6) is 0.00350. The second-order valence-corrected chi connectivity index (χ2v) is 4.99. The number of nitrogens with zero attached hydrogens (tertiary/aromatic N) is 1. The minimum absolute atomic E-state index is 0.00350. The van der Waals surface area contributed by atoms with Crippen LogP contribution in [0.4, 0.5) is 0 Å². The number of fused-ring (bicyclic) bond motifs is 2. The lowest BCUT2D eigenvalue weighted by molar-refractivity contribution is -0.0226. The highest BCUT2D eigenvalue weighted by Crippen LogP contribution is 2.39. The molecule has 0 aromatic rings. The van der Waals surface area contributed by atoms with Crippen LogP contribution in [0.25, 0.3) is 0 Å². The molecule has 3 aliphatic rings. The molecule has 0 amide bonds. The number of hydroxylamine groups is 1. The molecule has 2 aliphatic heterocycles. The molecule has 0 radical (unpaired) electrons. The van der Waals surface area contributed by atoms with Gasteiger partial charge in [-0.1, -0.05) is 17.7 Å². The van der Waals surface area contributed by atoms with Gasteiger partial charge in [0.2, 0.25) is 0 Å². The maximum Gasteiger partial charge on any atom is 0.133 e. The van der Waals surface area contributed by atoms with Crippen molar-refractivity contribution in [2.24, 2.45) is 5.92 Å². The summed E-state index contributed by atoms with van der Waals surface area (Å²) in [6.45, 7) is 2.26. The van der Waals surface area contributed by atoms with Gasteiger partial charge in [-0.05, 0) is 31.4 Å². The third-order valence-electron chi connectivity index (χ3n) is 4.07. The molecule has 2 heterocycles. The number of nitrogens with one attached hydrogen (secondary N) is 1. The van der Waals surface area contributed by atoms with Gasteiger partial charge in [-0.3, -0.25) is 4.90 Å². The minimum atomic E-state index is -0.847. The van der Waals surface area contributed by atoms with Gasteiger partial charge in [-0.2, -0.15) is 5.48 Å². The average Bonchev–Trinajstić information content (AvgIpc) is 2.86. The molecule has 4 nitrogen and oxygen atoms in total. The predicted octanol–water partition coefficient (Wildman–Crippen LogP) is 0.634. The first-order valence-electron chi connectivity index (χ1n) is 6.01. The van der Waals surface area contributed by atoms with Crippen molar-refractivity contribution in [1.29, 1.82) is 0 Å². The van der Waals surface area contributed by atoms with Crippen molar-refractivity contribution >= 4 is 0 Å². The first kappa shape index (κ1) is 10.5. The van der Waals surface area contributed by atoms with E-state index in [9.17, 15) is 5.11 Å². The molecule has 0 aromatic heterocycles. The van der Waals surface area contributed by atoms with Crippen molar-refractivity contribution in [3.8, 4) is 0 Å². The Labute approximate surface area is 95.2 Å². The van der Waals surface area contributed by atoms with E-state index in [-0.39, 0.29) is 5.92 Å². The Bertz CT molecular complexity index is 351. The van der Waals surface area contributed by atoms with Crippen LogP contribution in [0.2, 0.25) is 0 Å². The molecule has 0 saturated carbocycles. The van der Waals surface area contributed by atoms with E-state index in [0.29, 0.717) is 6.04 Å². The Kier molecular flexibility index (Phi) is 2.59. The summed E-state index contributed by atoms with van der Waals surface area (Å²) in [5.41, 5.74) is 4.85. The van der Waals surface area contributed by atoms with E-state index < -0.39 is 6.23 Å². The quantitative estimate of drug-likeness (QED) is 0.474. The zero-order valence-corrected chi connectivity index (χ0v) is 9.26. The third-order valence-corrected chi connectivity index (χ3v) is 4.07. The van der Waals surface area contributed by atoms with E-state index in [0.717, 1.165) is 13.0 Å². The molecule has 1 aliphatic carbocycles. The van der Waals surface area contributed by atoms with E-state index in [1.165, 1.54) is 30.5 Å². The van der Waals surface area contributed by atoms with Gasteiger partial charge < -0.3 is 10.3 Å². The van der Waals surface area contributed by atoms with Crippen LogP contribution in [0, 0.1) is 5.92 Å². The summed E-state index contributed by atoms with van der Waals surface area (Å²) in [7, 11) is 0. The summed E-state index contributed by atoms with van der Waals surface area (Å²) in [5, 5.41) is 18.3. The van der Waals surface area contributed by atoms with E-state index in [1.54, 1.807) is 0 Å². The van der Waals surface area contributed by atoms with E-state index >= 15 is 0 Å². The first-order chi connectivity index (χ1) is 7.79. The average molecular weight is 222 g/mol. The zero-order valence-electron chi connectivity index (χ0n) is 9.26. The number of hydrogen-bond acceptors (Lipinski definition) is 4. The smallest absolute Gasteiger partial charge is 0.133 e. The molecule has 88 valence electrons. The fourth-order valence-electron chi connectivity index (χ4n) is 3.24. The van der Waals surface area contributed by atoms with Crippen LogP contribution >= 0.6 is 0 Å². The third kappa shape index (κ3) is 1.53. The second-order valence-electron chi connectivity index (χ2n) is 4.99. The number of rotatable bonds is 2. The van der Waals surface area contributed by atoms with Crippen molar-refractivity contribution in [3.05, 3.63) is 23.3 Å². The topological polar surface area (TPSA) is 55.7 Å². The van der Waals surface area contributed by atoms with Gasteiger partial charge in [0.25, 0.3) is 0 Å². The fraction of sp³-hybridized carbons (Fsp3) is 0.667. The normalized spacial score (nSPS) is 35.4. The number of aliphatic hydroxyl groups excluding tert-OH is 1. The van der Waals surface area contributed by atoms with Crippen molar-refractivity contribution in [2.75, 3.05) is 13.1 Å². The Morgan fingerprint density at radius 3 is 3.19 bits per heavy atom. The van der Waals surface area contributed by atoms with E-state index in [1.807, 2.05) is 11.6 Å². The van der Waals surface area contributed by atoms with Crippen LogP contribution in [-0.4, -0.2) is 40.6 Å². The monoisotopic (exact) mass is 222 g/mol. The van der Waals surface area contributed by atoms with Crippen molar-refractivity contribution in [3.63, 3.8) is 0 Å². The Balaban J connectivity index is 1.76. The van der Waals surface area contributed by atoms with E-state index in [2.05, 4.69) is 11.0 Å². The maximum atomic E-state index is 9.56. The van der Waals surface area contributed by atoms with Crippen LogP contribution in [0.1, 0.15) is 19.3 Å². The van der Waals surface area contributed by atoms with Gasteiger partial charge in [0, 0.05) is 18.5 Å². The first-order valence-corrected chi connectivity index (χ1v) is 6.01. The SMILES string of the molecule is ONC(O)C1C=CC2=C(C1)CN1CCC[C@H]21. The predicted molar refractivity (Wildman–Crippen MR) is 59.8 cm³/mol. The maximum absolute atomic E-state index is 9.56. The molecule has 2 unspecified atom stereocenters. The second kappa shape index (κ2) is 3.96. The molecule has 0 bridgehead atoms. The highest BCUT2D eigenvalue weighted by Gasteiger charge is 2.37. The Hall–Kier alpha value is -0.680. The summed E-state index contributed by atoms with van der Waals surface area (Å²) < 4.78 is 0. The van der Waals surface area contributed by atoms with Gasteiger partial charge in [-0.25, -0.2) is 0 Å². The largest absolute Gasteiger partial charge is 0.376 e. The van der Waals surface area contributed by atoms with Crippen molar-refractivity contribution < 1.29 is 10.3 Å². The summed E-state index contributed by atoms with van der Waals surface area (Å²) in [6, 6.07) is 0.631. The molecule has 0 spiro atoms. The summed E-state index contributed by atoms with van der Waals surface area (Å²) in [4.78, 5) is 2.52. The van der Waals surface area contributed by atoms with Crippen LogP contribution in [-0.2, 0) is 0 Å². The zero-order chi connectivity index (χ0) is 11.1. The summed E-state index contributed by atoms with van der Waals surface area (Å²) >= 11 is 0. The van der Waals surface area contributed by atoms with Gasteiger partial charge >= 0.3 is 0 Å². The lowest BCUT2D eigenvalue weighted by Gasteiger charge is -2.23. The fourth-order valence-corrected chi connectivity index (χ4v) is 3.24.